The highest BCUT2D eigenvalue weighted by Crippen LogP contribution is 2.08. The van der Waals surface area contributed by atoms with E-state index in [1.165, 1.54) is 0 Å². The van der Waals surface area contributed by atoms with Crippen LogP contribution in [0.4, 0.5) is 0 Å². The van der Waals surface area contributed by atoms with Crippen LogP contribution in [0.15, 0.2) is 12.2 Å². The summed E-state index contributed by atoms with van der Waals surface area (Å²) < 4.78 is 5.00. The molecular formula is C8H15NO2. The number of allylic oxidation sites excluding steroid dienone is 1. The third-order valence-electron chi connectivity index (χ3n) is 1.96. The fourth-order valence-corrected chi connectivity index (χ4v) is 1.16. The third kappa shape index (κ3) is 2.61. The van der Waals surface area contributed by atoms with Crippen LogP contribution in [-0.4, -0.2) is 37.5 Å². The average Bonchev–Trinajstić information content (AvgIpc) is 2.03. The second-order valence-electron chi connectivity index (χ2n) is 2.87. The van der Waals surface area contributed by atoms with Crippen molar-refractivity contribution in [3.63, 3.8) is 0 Å². The minimum Gasteiger partial charge on any atom is -0.632 e. The van der Waals surface area contributed by atoms with Crippen LogP contribution in [0.25, 0.3) is 0 Å². The van der Waals surface area contributed by atoms with E-state index >= 15 is 0 Å². The van der Waals surface area contributed by atoms with E-state index in [2.05, 4.69) is 0 Å². The van der Waals surface area contributed by atoms with Gasteiger partial charge in [-0.15, -0.1) is 0 Å². The van der Waals surface area contributed by atoms with E-state index in [4.69, 9.17) is 4.74 Å². The molecule has 64 valence electrons. The second-order valence-corrected chi connectivity index (χ2v) is 2.87. The van der Waals surface area contributed by atoms with Crippen molar-refractivity contribution in [1.29, 1.82) is 0 Å². The Hall–Kier alpha value is -0.380. The van der Waals surface area contributed by atoms with Crippen molar-refractivity contribution in [2.45, 2.75) is 6.92 Å². The van der Waals surface area contributed by atoms with Gasteiger partial charge in [0.15, 0.2) is 0 Å². The normalized spacial score (nSPS) is 24.2. The number of quaternary nitrogens is 1. The van der Waals surface area contributed by atoms with Gasteiger partial charge in [-0.3, -0.25) is 0 Å². The molecule has 0 amide bonds. The summed E-state index contributed by atoms with van der Waals surface area (Å²) in [6, 6.07) is 0. The molecule has 1 saturated heterocycles. The van der Waals surface area contributed by atoms with E-state index in [0.29, 0.717) is 32.8 Å². The molecule has 0 spiro atoms. The summed E-state index contributed by atoms with van der Waals surface area (Å²) >= 11 is 0. The summed E-state index contributed by atoms with van der Waals surface area (Å²) in [5.41, 5.74) is 0. The summed E-state index contributed by atoms with van der Waals surface area (Å²) in [5.74, 6) is 0. The molecule has 0 N–H and O–H groups in total. The van der Waals surface area contributed by atoms with E-state index in [0.717, 1.165) is 0 Å². The smallest absolute Gasteiger partial charge is 0.102 e. The first-order valence-corrected chi connectivity index (χ1v) is 4.03. The summed E-state index contributed by atoms with van der Waals surface area (Å²) in [7, 11) is 0. The van der Waals surface area contributed by atoms with Gasteiger partial charge in [-0.25, -0.2) is 0 Å². The molecule has 0 radical (unpaired) electrons. The van der Waals surface area contributed by atoms with Gasteiger partial charge in [0, 0.05) is 0 Å². The van der Waals surface area contributed by atoms with Gasteiger partial charge in [-0.05, 0) is 13.0 Å². The molecule has 0 saturated carbocycles. The van der Waals surface area contributed by atoms with E-state index in [1.54, 1.807) is 0 Å². The van der Waals surface area contributed by atoms with Crippen LogP contribution in [0, 0.1) is 5.21 Å². The van der Waals surface area contributed by atoms with Crippen LogP contribution in [0.2, 0.25) is 0 Å². The van der Waals surface area contributed by atoms with Crippen molar-refractivity contribution in [1.82, 2.24) is 0 Å². The second kappa shape index (κ2) is 3.85. The first kappa shape index (κ1) is 8.71. The van der Waals surface area contributed by atoms with Gasteiger partial charge in [-0.1, -0.05) is 6.08 Å². The van der Waals surface area contributed by atoms with Gasteiger partial charge in [0.2, 0.25) is 0 Å². The number of ether oxygens (including phenoxy) is 1. The molecule has 3 heteroatoms. The Bertz CT molecular complexity index is 139. The maximum Gasteiger partial charge on any atom is 0.102 e. The van der Waals surface area contributed by atoms with Crippen molar-refractivity contribution in [2.24, 2.45) is 0 Å². The van der Waals surface area contributed by atoms with Crippen molar-refractivity contribution in [3.8, 4) is 0 Å². The first-order valence-electron chi connectivity index (χ1n) is 4.03. The number of hydroxylamine groups is 3. The van der Waals surface area contributed by atoms with E-state index in [1.807, 2.05) is 19.1 Å². The molecule has 1 aliphatic rings. The standard InChI is InChI=1S/C8H15NO2/c1-2-3-4-9(10)5-7-11-8-6-9/h2-3H,4-8H2,1H3/b3-2+. The van der Waals surface area contributed by atoms with Crippen molar-refractivity contribution < 1.29 is 9.38 Å². The summed E-state index contributed by atoms with van der Waals surface area (Å²) in [4.78, 5) is 0. The molecule has 3 nitrogen and oxygen atoms in total. The molecule has 0 bridgehead atoms. The SMILES string of the molecule is C/C=C/C[N+]1([O-])CCOCC1. The molecule has 1 heterocycles. The Morgan fingerprint density at radius 3 is 2.64 bits per heavy atom. The fourth-order valence-electron chi connectivity index (χ4n) is 1.16. The Morgan fingerprint density at radius 1 is 1.45 bits per heavy atom. The Labute approximate surface area is 67.4 Å². The topological polar surface area (TPSA) is 32.3 Å². The highest BCUT2D eigenvalue weighted by atomic mass is 16.6. The zero-order valence-electron chi connectivity index (χ0n) is 6.95. The number of hydrogen-bond acceptors (Lipinski definition) is 2. The first-order chi connectivity index (χ1) is 5.27. The summed E-state index contributed by atoms with van der Waals surface area (Å²) in [6.45, 7) is 4.96. The molecule has 11 heavy (non-hydrogen) atoms. The fraction of sp³-hybridized carbons (Fsp3) is 0.750. The minimum atomic E-state index is -0.107. The van der Waals surface area contributed by atoms with Crippen LogP contribution in [0.3, 0.4) is 0 Å². The minimum absolute atomic E-state index is 0.107. The molecule has 1 rings (SSSR count). The van der Waals surface area contributed by atoms with Gasteiger partial charge in [0.25, 0.3) is 0 Å². The molecule has 0 atom stereocenters. The quantitative estimate of drug-likeness (QED) is 0.339. The van der Waals surface area contributed by atoms with Gasteiger partial charge in [0.1, 0.15) is 13.1 Å². The van der Waals surface area contributed by atoms with Crippen molar-refractivity contribution >= 4 is 0 Å². The van der Waals surface area contributed by atoms with Crippen LogP contribution < -0.4 is 0 Å². The predicted octanol–water partition coefficient (Wildman–Crippen LogP) is 0.907. The zero-order valence-corrected chi connectivity index (χ0v) is 6.95. The highest BCUT2D eigenvalue weighted by Gasteiger charge is 2.18. The van der Waals surface area contributed by atoms with Gasteiger partial charge in [-0.2, -0.15) is 0 Å². The van der Waals surface area contributed by atoms with Gasteiger partial charge < -0.3 is 14.6 Å². The number of morpholine rings is 1. The van der Waals surface area contributed by atoms with Crippen LogP contribution >= 0.6 is 0 Å². The third-order valence-corrected chi connectivity index (χ3v) is 1.96. The molecule has 0 aromatic carbocycles. The molecule has 0 unspecified atom stereocenters. The molecule has 1 fully saturated rings. The lowest BCUT2D eigenvalue weighted by Crippen LogP contribution is -2.50. The zero-order chi connectivity index (χ0) is 8.16. The van der Waals surface area contributed by atoms with Crippen LogP contribution in [-0.2, 0) is 4.74 Å². The largest absolute Gasteiger partial charge is 0.632 e. The molecular weight excluding hydrogens is 142 g/mol. The lowest BCUT2D eigenvalue weighted by atomic mass is 10.4. The van der Waals surface area contributed by atoms with Crippen molar-refractivity contribution in [2.75, 3.05) is 32.8 Å². The highest BCUT2D eigenvalue weighted by molar-refractivity contribution is 4.77. The van der Waals surface area contributed by atoms with Gasteiger partial charge in [0.05, 0.1) is 19.8 Å². The lowest BCUT2D eigenvalue weighted by molar-refractivity contribution is -0.882. The maximum absolute atomic E-state index is 11.7. The number of hydrogen-bond donors (Lipinski definition) is 0. The summed E-state index contributed by atoms with van der Waals surface area (Å²) in [5, 5.41) is 11.7. The predicted molar refractivity (Wildman–Crippen MR) is 43.9 cm³/mol. The Kier molecular flexibility index (Phi) is 3.05. The molecule has 1 aliphatic heterocycles. The van der Waals surface area contributed by atoms with E-state index in [-0.39, 0.29) is 4.65 Å². The maximum atomic E-state index is 11.7. The van der Waals surface area contributed by atoms with E-state index in [9.17, 15) is 5.21 Å². The van der Waals surface area contributed by atoms with E-state index < -0.39 is 0 Å². The monoisotopic (exact) mass is 157 g/mol. The van der Waals surface area contributed by atoms with Gasteiger partial charge >= 0.3 is 0 Å². The Balaban J connectivity index is 2.37. The summed E-state index contributed by atoms with van der Waals surface area (Å²) in [6.07, 6.45) is 3.85. The van der Waals surface area contributed by atoms with Crippen LogP contribution in [0.1, 0.15) is 6.92 Å². The molecule has 0 aromatic heterocycles. The average molecular weight is 157 g/mol. The molecule has 0 aliphatic carbocycles. The number of rotatable bonds is 2. The Morgan fingerprint density at radius 2 is 2.09 bits per heavy atom. The number of nitrogens with zero attached hydrogens (tertiary/aromatic N) is 1. The van der Waals surface area contributed by atoms with Crippen molar-refractivity contribution in [3.05, 3.63) is 17.4 Å². The van der Waals surface area contributed by atoms with Crippen LogP contribution in [0.5, 0.6) is 0 Å². The lowest BCUT2D eigenvalue weighted by Gasteiger charge is -2.44. The molecule has 0 aromatic rings.